The van der Waals surface area contributed by atoms with Crippen molar-refractivity contribution in [2.45, 2.75) is 39.5 Å². The predicted molar refractivity (Wildman–Crippen MR) is 91.8 cm³/mol. The van der Waals surface area contributed by atoms with Crippen LogP contribution in [-0.4, -0.2) is 16.5 Å². The molecular weight excluding hydrogens is 326 g/mol. The van der Waals surface area contributed by atoms with E-state index in [-0.39, 0.29) is 5.41 Å². The summed E-state index contributed by atoms with van der Waals surface area (Å²) in [5.41, 5.74) is 2.30. The van der Waals surface area contributed by atoms with E-state index >= 15 is 0 Å². The number of hydrogen-bond acceptors (Lipinski definition) is 3. The molecule has 0 aliphatic carbocycles. The van der Waals surface area contributed by atoms with Crippen LogP contribution in [0, 0.1) is 0 Å². The molecule has 1 N–H and O–H groups in total. The Morgan fingerprint density at radius 2 is 1.76 bits per heavy atom. The average molecular weight is 348 g/mol. The molecule has 112 valence electrons. The summed E-state index contributed by atoms with van der Waals surface area (Å²) < 4.78 is 1.09. The van der Waals surface area contributed by atoms with Gasteiger partial charge in [-0.05, 0) is 24.6 Å². The number of nitrogens with one attached hydrogen (secondary N) is 1. The zero-order valence-electron chi connectivity index (χ0n) is 13.1. The van der Waals surface area contributed by atoms with Crippen LogP contribution in [0.1, 0.15) is 44.8 Å². The number of hydrogen-bond donors (Lipinski definition) is 1. The van der Waals surface area contributed by atoms with Crippen molar-refractivity contribution in [3.05, 3.63) is 51.9 Å². The number of anilines is 1. The lowest BCUT2D eigenvalue weighted by atomic mass is 9.92. The Kier molecular flexibility index (Phi) is 4.99. The van der Waals surface area contributed by atoms with E-state index < -0.39 is 0 Å². The van der Waals surface area contributed by atoms with Gasteiger partial charge in [0.05, 0.1) is 5.69 Å². The number of benzene rings is 1. The third kappa shape index (κ3) is 4.53. The van der Waals surface area contributed by atoms with Crippen molar-refractivity contribution >= 4 is 21.7 Å². The lowest BCUT2D eigenvalue weighted by Crippen LogP contribution is -2.17. The number of halogens is 1. The average Bonchev–Trinajstić information content (AvgIpc) is 2.41. The summed E-state index contributed by atoms with van der Waals surface area (Å²) in [6.45, 7) is 9.46. The summed E-state index contributed by atoms with van der Waals surface area (Å²) >= 11 is 3.46. The molecule has 2 aromatic rings. The van der Waals surface area contributed by atoms with Crippen LogP contribution in [0.3, 0.4) is 0 Å². The van der Waals surface area contributed by atoms with Gasteiger partial charge in [0.15, 0.2) is 0 Å². The van der Waals surface area contributed by atoms with Gasteiger partial charge in [-0.25, -0.2) is 9.97 Å². The van der Waals surface area contributed by atoms with Crippen LogP contribution in [0.2, 0.25) is 0 Å². The lowest BCUT2D eigenvalue weighted by Gasteiger charge is -2.19. The van der Waals surface area contributed by atoms with Gasteiger partial charge >= 0.3 is 0 Å². The largest absolute Gasteiger partial charge is 0.370 e. The van der Waals surface area contributed by atoms with E-state index in [9.17, 15) is 0 Å². The van der Waals surface area contributed by atoms with Crippen molar-refractivity contribution in [2.75, 3.05) is 11.9 Å². The summed E-state index contributed by atoms with van der Waals surface area (Å²) in [5.74, 6) is 1.77. The van der Waals surface area contributed by atoms with Gasteiger partial charge in [0, 0.05) is 28.9 Å². The molecule has 0 amide bonds. The van der Waals surface area contributed by atoms with Crippen LogP contribution in [0.15, 0.2) is 34.8 Å². The van der Waals surface area contributed by atoms with Gasteiger partial charge in [0.2, 0.25) is 0 Å². The highest BCUT2D eigenvalue weighted by atomic mass is 79.9. The fourth-order valence-corrected chi connectivity index (χ4v) is 2.28. The second-order valence-corrected chi connectivity index (χ2v) is 7.05. The first-order valence-electron chi connectivity index (χ1n) is 7.25. The molecule has 0 aliphatic heterocycles. The van der Waals surface area contributed by atoms with E-state index in [1.165, 1.54) is 5.56 Å². The summed E-state index contributed by atoms with van der Waals surface area (Å²) in [6, 6.07) is 10.4. The Bertz CT molecular complexity index is 600. The zero-order chi connectivity index (χ0) is 15.5. The van der Waals surface area contributed by atoms with Crippen LogP contribution in [0.5, 0.6) is 0 Å². The van der Waals surface area contributed by atoms with Crippen molar-refractivity contribution in [3.8, 4) is 0 Å². The molecule has 0 saturated heterocycles. The highest BCUT2D eigenvalue weighted by Gasteiger charge is 2.18. The standard InChI is InChI=1S/C17H22BrN3/c1-5-19-15-11-14(17(2,3)4)20-16(21-15)10-12-6-8-13(18)9-7-12/h6-9,11H,5,10H2,1-4H3,(H,19,20,21). The molecule has 0 atom stereocenters. The molecule has 1 aromatic carbocycles. The first kappa shape index (κ1) is 16.0. The third-order valence-electron chi connectivity index (χ3n) is 3.17. The van der Waals surface area contributed by atoms with Gasteiger partial charge in [-0.2, -0.15) is 0 Å². The fourth-order valence-electron chi connectivity index (χ4n) is 2.02. The quantitative estimate of drug-likeness (QED) is 0.880. The van der Waals surface area contributed by atoms with E-state index in [0.29, 0.717) is 0 Å². The van der Waals surface area contributed by atoms with E-state index in [4.69, 9.17) is 4.98 Å². The minimum atomic E-state index is 0.0155. The lowest BCUT2D eigenvalue weighted by molar-refractivity contribution is 0.563. The van der Waals surface area contributed by atoms with Gasteiger partial charge in [0.25, 0.3) is 0 Å². The Hall–Kier alpha value is -1.42. The molecule has 0 aliphatic rings. The highest BCUT2D eigenvalue weighted by Crippen LogP contribution is 2.23. The zero-order valence-corrected chi connectivity index (χ0v) is 14.7. The molecule has 0 radical (unpaired) electrons. The summed E-state index contributed by atoms with van der Waals surface area (Å²) in [5, 5.41) is 3.30. The third-order valence-corrected chi connectivity index (χ3v) is 3.70. The van der Waals surface area contributed by atoms with Crippen molar-refractivity contribution in [2.24, 2.45) is 0 Å². The van der Waals surface area contributed by atoms with Crippen LogP contribution >= 0.6 is 15.9 Å². The minimum absolute atomic E-state index is 0.0155. The van der Waals surface area contributed by atoms with Crippen LogP contribution in [0.25, 0.3) is 0 Å². The Morgan fingerprint density at radius 1 is 1.10 bits per heavy atom. The van der Waals surface area contributed by atoms with Crippen LogP contribution < -0.4 is 5.32 Å². The number of nitrogens with zero attached hydrogens (tertiary/aromatic N) is 2. The smallest absolute Gasteiger partial charge is 0.135 e. The molecule has 0 fully saturated rings. The first-order valence-corrected chi connectivity index (χ1v) is 8.04. The van der Waals surface area contributed by atoms with Crippen molar-refractivity contribution < 1.29 is 0 Å². The van der Waals surface area contributed by atoms with Gasteiger partial charge in [-0.1, -0.05) is 48.8 Å². The van der Waals surface area contributed by atoms with E-state index in [1.807, 2.05) is 12.1 Å². The molecule has 0 bridgehead atoms. The summed E-state index contributed by atoms with van der Waals surface area (Å²) in [6.07, 6.45) is 0.746. The van der Waals surface area contributed by atoms with Gasteiger partial charge in [-0.3, -0.25) is 0 Å². The monoisotopic (exact) mass is 347 g/mol. The second kappa shape index (κ2) is 6.56. The fraction of sp³-hybridized carbons (Fsp3) is 0.412. The van der Waals surface area contributed by atoms with E-state index in [0.717, 1.165) is 34.8 Å². The Balaban J connectivity index is 2.33. The molecule has 1 aromatic heterocycles. The maximum atomic E-state index is 4.74. The minimum Gasteiger partial charge on any atom is -0.370 e. The van der Waals surface area contributed by atoms with E-state index in [1.54, 1.807) is 0 Å². The highest BCUT2D eigenvalue weighted by molar-refractivity contribution is 9.10. The van der Waals surface area contributed by atoms with Crippen molar-refractivity contribution in [1.82, 2.24) is 9.97 Å². The SMILES string of the molecule is CCNc1cc(C(C)(C)C)nc(Cc2ccc(Br)cc2)n1. The molecule has 0 spiro atoms. The Labute approximate surface area is 135 Å². The van der Waals surface area contributed by atoms with E-state index in [2.05, 4.69) is 72.1 Å². The summed E-state index contributed by atoms with van der Waals surface area (Å²) in [7, 11) is 0. The topological polar surface area (TPSA) is 37.8 Å². The second-order valence-electron chi connectivity index (χ2n) is 6.14. The van der Waals surface area contributed by atoms with Gasteiger partial charge in [0.1, 0.15) is 11.6 Å². The van der Waals surface area contributed by atoms with Crippen LogP contribution in [-0.2, 0) is 11.8 Å². The predicted octanol–water partition coefficient (Wildman–Crippen LogP) is 4.56. The molecule has 21 heavy (non-hydrogen) atoms. The Morgan fingerprint density at radius 3 is 2.33 bits per heavy atom. The van der Waals surface area contributed by atoms with Crippen molar-refractivity contribution in [1.29, 1.82) is 0 Å². The molecule has 1 heterocycles. The normalized spacial score (nSPS) is 11.5. The molecule has 2 rings (SSSR count). The number of rotatable bonds is 4. The molecule has 0 unspecified atom stereocenters. The molecule has 3 nitrogen and oxygen atoms in total. The summed E-state index contributed by atoms with van der Waals surface area (Å²) in [4.78, 5) is 9.36. The maximum absolute atomic E-state index is 4.74. The van der Waals surface area contributed by atoms with Crippen molar-refractivity contribution in [3.63, 3.8) is 0 Å². The molecule has 4 heteroatoms. The maximum Gasteiger partial charge on any atom is 0.135 e. The molecular formula is C17H22BrN3. The van der Waals surface area contributed by atoms with Gasteiger partial charge < -0.3 is 5.32 Å². The van der Waals surface area contributed by atoms with Gasteiger partial charge in [-0.15, -0.1) is 0 Å². The number of aromatic nitrogens is 2. The molecule has 0 saturated carbocycles. The first-order chi connectivity index (χ1) is 9.88. The van der Waals surface area contributed by atoms with Crippen LogP contribution in [0.4, 0.5) is 5.82 Å².